The van der Waals surface area contributed by atoms with Crippen molar-refractivity contribution >= 4 is 0 Å². The van der Waals surface area contributed by atoms with Crippen LogP contribution >= 0.6 is 0 Å². The summed E-state index contributed by atoms with van der Waals surface area (Å²) >= 11 is 0. The molecule has 0 N–H and O–H groups in total. The van der Waals surface area contributed by atoms with Gasteiger partial charge in [-0.15, -0.1) is 6.58 Å². The molecule has 0 rings (SSSR count). The van der Waals surface area contributed by atoms with Gasteiger partial charge in [0.25, 0.3) is 0 Å². The first kappa shape index (κ1) is 11.1. The second-order valence-electron chi connectivity index (χ2n) is 1.54. The van der Waals surface area contributed by atoms with E-state index in [1.807, 2.05) is 13.0 Å². The van der Waals surface area contributed by atoms with Crippen LogP contribution < -0.4 is 0 Å². The van der Waals surface area contributed by atoms with Crippen LogP contribution in [0.2, 0.25) is 0 Å². The van der Waals surface area contributed by atoms with Gasteiger partial charge in [-0.1, -0.05) is 30.4 Å². The van der Waals surface area contributed by atoms with Crippen molar-refractivity contribution in [1.82, 2.24) is 0 Å². The molecule has 0 aromatic carbocycles. The molecule has 0 heteroatoms. The average molecular weight is 122 g/mol. The van der Waals surface area contributed by atoms with Crippen molar-refractivity contribution in [3.63, 3.8) is 0 Å². The first-order valence-electron chi connectivity index (χ1n) is 2.70. The Kier molecular flexibility index (Phi) is 12.6. The van der Waals surface area contributed by atoms with Crippen LogP contribution in [-0.4, -0.2) is 0 Å². The molecule has 0 nitrogen and oxygen atoms in total. The molecule has 0 bridgehead atoms. The Morgan fingerprint density at radius 1 is 1.33 bits per heavy atom. The second kappa shape index (κ2) is 10.3. The largest absolute Gasteiger partial charge is 0.103 e. The van der Waals surface area contributed by atoms with Crippen molar-refractivity contribution in [2.75, 3.05) is 0 Å². The zero-order valence-electron chi connectivity index (χ0n) is 6.06. The van der Waals surface area contributed by atoms with Crippen molar-refractivity contribution in [2.24, 2.45) is 0 Å². The van der Waals surface area contributed by atoms with Gasteiger partial charge < -0.3 is 0 Å². The summed E-state index contributed by atoms with van der Waals surface area (Å²) in [6, 6.07) is 0. The van der Waals surface area contributed by atoms with Crippen LogP contribution in [0, 0.1) is 13.8 Å². The van der Waals surface area contributed by atoms with Crippen molar-refractivity contribution in [3.05, 3.63) is 50.8 Å². The van der Waals surface area contributed by atoms with Crippen molar-refractivity contribution in [3.8, 4) is 0 Å². The van der Waals surface area contributed by atoms with Gasteiger partial charge in [0.15, 0.2) is 0 Å². The van der Waals surface area contributed by atoms with Gasteiger partial charge in [-0.2, -0.15) is 0 Å². The van der Waals surface area contributed by atoms with E-state index in [0.717, 1.165) is 5.57 Å². The summed E-state index contributed by atoms with van der Waals surface area (Å²) in [7, 11) is 0. The maximum atomic E-state index is 3.62. The Balaban J connectivity index is 0. The van der Waals surface area contributed by atoms with Crippen LogP contribution in [0.15, 0.2) is 37.0 Å². The van der Waals surface area contributed by atoms with E-state index in [1.54, 1.807) is 6.08 Å². The molecule has 2 radical (unpaired) electrons. The molecule has 50 valence electrons. The maximum Gasteiger partial charge on any atom is -0.0283 e. The minimum atomic E-state index is 1.05. The van der Waals surface area contributed by atoms with E-state index in [1.165, 1.54) is 6.08 Å². The van der Waals surface area contributed by atoms with Gasteiger partial charge in [0.1, 0.15) is 0 Å². The lowest BCUT2D eigenvalue weighted by Gasteiger charge is -1.75. The summed E-state index contributed by atoms with van der Waals surface area (Å²) in [6.07, 6.45) is 5.09. The highest BCUT2D eigenvalue weighted by molar-refractivity contribution is 5.09. The topological polar surface area (TPSA) is 0 Å². The Morgan fingerprint density at radius 3 is 1.67 bits per heavy atom. The summed E-state index contributed by atoms with van der Waals surface area (Å²) in [5, 5.41) is 0. The van der Waals surface area contributed by atoms with E-state index in [9.17, 15) is 0 Å². The molecule has 0 saturated carbocycles. The fourth-order valence-electron chi connectivity index (χ4n) is 0.201. The first-order valence-corrected chi connectivity index (χ1v) is 2.70. The van der Waals surface area contributed by atoms with Gasteiger partial charge in [-0.05, 0) is 20.8 Å². The van der Waals surface area contributed by atoms with E-state index in [2.05, 4.69) is 27.0 Å². The van der Waals surface area contributed by atoms with Crippen LogP contribution in [0.25, 0.3) is 0 Å². The van der Waals surface area contributed by atoms with Crippen LogP contribution in [0.4, 0.5) is 0 Å². The van der Waals surface area contributed by atoms with Crippen molar-refractivity contribution in [1.29, 1.82) is 0 Å². The van der Waals surface area contributed by atoms with E-state index in [4.69, 9.17) is 0 Å². The Labute approximate surface area is 58.6 Å². The van der Waals surface area contributed by atoms with Gasteiger partial charge in [-0.3, -0.25) is 0 Å². The van der Waals surface area contributed by atoms with E-state index in [-0.39, 0.29) is 0 Å². The summed E-state index contributed by atoms with van der Waals surface area (Å²) < 4.78 is 0. The first-order chi connectivity index (χ1) is 4.18. The van der Waals surface area contributed by atoms with E-state index < -0.39 is 0 Å². The van der Waals surface area contributed by atoms with Crippen molar-refractivity contribution < 1.29 is 0 Å². The highest BCUT2D eigenvalue weighted by Crippen LogP contribution is 1.84. The van der Waals surface area contributed by atoms with Gasteiger partial charge >= 0.3 is 0 Å². The van der Waals surface area contributed by atoms with Gasteiger partial charge in [0.05, 0.1) is 0 Å². The molecule has 0 saturated heterocycles. The van der Waals surface area contributed by atoms with Gasteiger partial charge in [-0.25, -0.2) is 0 Å². The summed E-state index contributed by atoms with van der Waals surface area (Å²) in [5.74, 6) is 0. The van der Waals surface area contributed by atoms with Gasteiger partial charge in [0.2, 0.25) is 0 Å². The molecule has 0 spiro atoms. The molecule has 0 aliphatic rings. The predicted octanol–water partition coefficient (Wildman–Crippen LogP) is 2.96. The van der Waals surface area contributed by atoms with Gasteiger partial charge in [0, 0.05) is 0 Å². The molecular weight excluding hydrogens is 108 g/mol. The normalized spacial score (nSPS) is 9.00. The lowest BCUT2D eigenvalue weighted by atomic mass is 10.3. The number of hydrogen-bond donors (Lipinski definition) is 0. The fourth-order valence-corrected chi connectivity index (χ4v) is 0.201. The van der Waals surface area contributed by atoms with Crippen LogP contribution in [0.5, 0.6) is 0 Å². The lowest BCUT2D eigenvalue weighted by molar-refractivity contribution is 1.54. The molecule has 0 aliphatic heterocycles. The number of allylic oxidation sites excluding steroid dienone is 4. The van der Waals surface area contributed by atoms with Crippen molar-refractivity contribution in [2.45, 2.75) is 6.92 Å². The molecule has 0 aromatic rings. The third-order valence-electron chi connectivity index (χ3n) is 0.402. The number of hydrogen-bond acceptors (Lipinski definition) is 0. The smallest absolute Gasteiger partial charge is 0.0283 e. The van der Waals surface area contributed by atoms with E-state index in [0.29, 0.717) is 0 Å². The number of rotatable bonds is 1. The second-order valence-corrected chi connectivity index (χ2v) is 1.54. The maximum absolute atomic E-state index is 3.62. The summed E-state index contributed by atoms with van der Waals surface area (Å²) in [6.45, 7) is 15.5. The lowest BCUT2D eigenvalue weighted by Crippen LogP contribution is -1.55. The minimum absolute atomic E-state index is 1.05. The van der Waals surface area contributed by atoms with Crippen LogP contribution in [0.1, 0.15) is 6.92 Å². The van der Waals surface area contributed by atoms with E-state index >= 15 is 0 Å². The highest BCUT2D eigenvalue weighted by atomic mass is 13.7. The Bertz CT molecular complexity index is 92.6. The molecule has 0 atom stereocenters. The Morgan fingerprint density at radius 2 is 1.67 bits per heavy atom. The van der Waals surface area contributed by atoms with Crippen LogP contribution in [0.3, 0.4) is 0 Å². The average Bonchev–Trinajstić information content (AvgIpc) is 1.67. The SMILES string of the molecule is [CH2]/C(C)=C\C=C.[CH2]C=C. The molecule has 0 fully saturated rings. The molecule has 0 unspecified atom stereocenters. The predicted molar refractivity (Wildman–Crippen MR) is 44.9 cm³/mol. The van der Waals surface area contributed by atoms with Crippen LogP contribution in [-0.2, 0) is 0 Å². The molecule has 9 heavy (non-hydrogen) atoms. The zero-order valence-corrected chi connectivity index (χ0v) is 6.06. The standard InChI is InChI=1S/C6H9.C3H5/c1-4-5-6(2)3;1-3-2/h4-5H,1-2H2,3H3;3H,1-2H2/b6-5+;. The fraction of sp³-hybridized carbons (Fsp3) is 0.111. The Hall–Kier alpha value is -0.780. The highest BCUT2D eigenvalue weighted by Gasteiger charge is 1.63. The third-order valence-corrected chi connectivity index (χ3v) is 0.402. The monoisotopic (exact) mass is 122 g/mol. The molecule has 0 aromatic heterocycles. The quantitative estimate of drug-likeness (QED) is 0.469. The minimum Gasteiger partial charge on any atom is -0.103 e. The third kappa shape index (κ3) is 39.9. The summed E-state index contributed by atoms with van der Waals surface area (Å²) in [5.41, 5.74) is 1.05. The zero-order chi connectivity index (χ0) is 7.70. The molecule has 0 amide bonds. The molecular formula is C9H14. The summed E-state index contributed by atoms with van der Waals surface area (Å²) in [4.78, 5) is 0. The molecule has 0 heterocycles. The molecule has 0 aliphatic carbocycles.